The highest BCUT2D eigenvalue weighted by Crippen LogP contribution is 2.26. The lowest BCUT2D eigenvalue weighted by Gasteiger charge is -2.28. The van der Waals surface area contributed by atoms with Gasteiger partial charge >= 0.3 is 0 Å². The first-order valence-electron chi connectivity index (χ1n) is 4.06. The van der Waals surface area contributed by atoms with Gasteiger partial charge < -0.3 is 9.64 Å². The lowest BCUT2D eigenvalue weighted by atomic mass is 10.4. The van der Waals surface area contributed by atoms with Crippen molar-refractivity contribution in [2.75, 3.05) is 32.1 Å². The Balaban J connectivity index is 1.99. The van der Waals surface area contributed by atoms with Crippen molar-refractivity contribution in [2.24, 2.45) is 0 Å². The van der Waals surface area contributed by atoms with E-state index in [-0.39, 0.29) is 5.78 Å². The highest BCUT2D eigenvalue weighted by molar-refractivity contribution is 8.04. The van der Waals surface area contributed by atoms with E-state index in [0.29, 0.717) is 5.75 Å². The van der Waals surface area contributed by atoms with Crippen molar-refractivity contribution in [3.05, 3.63) is 11.1 Å². The van der Waals surface area contributed by atoms with Gasteiger partial charge in [0.1, 0.15) is 0 Å². The summed E-state index contributed by atoms with van der Waals surface area (Å²) in [6.45, 7) is 3.41. The van der Waals surface area contributed by atoms with Crippen LogP contribution in [-0.2, 0) is 9.53 Å². The van der Waals surface area contributed by atoms with Crippen molar-refractivity contribution in [3.8, 4) is 0 Å². The second kappa shape index (κ2) is 3.49. The third kappa shape index (κ3) is 1.64. The number of thioether (sulfide) groups is 1. The van der Waals surface area contributed by atoms with E-state index in [1.54, 1.807) is 17.8 Å². The summed E-state index contributed by atoms with van der Waals surface area (Å²) in [5, 5.41) is 1.13. The Morgan fingerprint density at radius 1 is 1.42 bits per heavy atom. The maximum atomic E-state index is 10.9. The number of nitrogens with zero attached hydrogens (tertiary/aromatic N) is 1. The SMILES string of the molecule is O=C1C=C(N2CCOCC2)SC1. The van der Waals surface area contributed by atoms with Gasteiger partial charge in [0.05, 0.1) is 24.0 Å². The highest BCUT2D eigenvalue weighted by Gasteiger charge is 2.20. The van der Waals surface area contributed by atoms with Crippen molar-refractivity contribution in [1.29, 1.82) is 0 Å². The highest BCUT2D eigenvalue weighted by atomic mass is 32.2. The van der Waals surface area contributed by atoms with Gasteiger partial charge in [0.25, 0.3) is 0 Å². The van der Waals surface area contributed by atoms with Crippen LogP contribution in [0.2, 0.25) is 0 Å². The molecule has 2 aliphatic rings. The second-order valence-corrected chi connectivity index (χ2v) is 3.83. The first-order chi connectivity index (χ1) is 5.86. The summed E-state index contributed by atoms with van der Waals surface area (Å²) in [5.74, 6) is 0.855. The number of ketones is 1. The number of allylic oxidation sites excluding steroid dienone is 1. The maximum absolute atomic E-state index is 10.9. The quantitative estimate of drug-likeness (QED) is 0.594. The molecule has 0 bridgehead atoms. The number of carbonyl (C=O) groups excluding carboxylic acids is 1. The van der Waals surface area contributed by atoms with Crippen LogP contribution in [-0.4, -0.2) is 42.7 Å². The fourth-order valence-corrected chi connectivity index (χ4v) is 2.29. The number of hydrogen-bond donors (Lipinski definition) is 0. The number of morpholine rings is 1. The average Bonchev–Trinajstić information content (AvgIpc) is 2.54. The van der Waals surface area contributed by atoms with Crippen LogP contribution in [0.5, 0.6) is 0 Å². The Morgan fingerprint density at radius 3 is 2.75 bits per heavy atom. The van der Waals surface area contributed by atoms with Gasteiger partial charge in [-0.2, -0.15) is 0 Å². The fraction of sp³-hybridized carbons (Fsp3) is 0.625. The maximum Gasteiger partial charge on any atom is 0.168 e. The first kappa shape index (κ1) is 8.13. The van der Waals surface area contributed by atoms with Gasteiger partial charge in [-0.1, -0.05) is 0 Å². The molecule has 4 heteroatoms. The Morgan fingerprint density at radius 2 is 2.17 bits per heavy atom. The second-order valence-electron chi connectivity index (χ2n) is 2.84. The van der Waals surface area contributed by atoms with E-state index in [1.807, 2.05) is 0 Å². The molecule has 0 saturated carbocycles. The third-order valence-corrected chi connectivity index (χ3v) is 3.07. The average molecular weight is 185 g/mol. The molecule has 0 aliphatic carbocycles. The standard InChI is InChI=1S/C8H11NO2S/c10-7-5-8(12-6-7)9-1-3-11-4-2-9/h5H,1-4,6H2. The molecule has 2 aliphatic heterocycles. The Bertz CT molecular complexity index is 221. The van der Waals surface area contributed by atoms with Crippen molar-refractivity contribution in [2.45, 2.75) is 0 Å². The van der Waals surface area contributed by atoms with Crippen LogP contribution < -0.4 is 0 Å². The summed E-state index contributed by atoms with van der Waals surface area (Å²) in [5.41, 5.74) is 0. The molecule has 2 heterocycles. The molecule has 0 radical (unpaired) electrons. The van der Waals surface area contributed by atoms with Crippen molar-refractivity contribution in [3.63, 3.8) is 0 Å². The van der Waals surface area contributed by atoms with E-state index in [4.69, 9.17) is 4.74 Å². The van der Waals surface area contributed by atoms with Crippen LogP contribution in [0.25, 0.3) is 0 Å². The summed E-state index contributed by atoms with van der Waals surface area (Å²) in [6, 6.07) is 0. The van der Waals surface area contributed by atoms with Crippen LogP contribution >= 0.6 is 11.8 Å². The Labute approximate surface area is 75.8 Å². The molecule has 0 spiro atoms. The van der Waals surface area contributed by atoms with E-state index >= 15 is 0 Å². The lowest BCUT2D eigenvalue weighted by molar-refractivity contribution is -0.112. The van der Waals surface area contributed by atoms with E-state index in [9.17, 15) is 4.79 Å². The van der Waals surface area contributed by atoms with Gasteiger partial charge in [0.2, 0.25) is 0 Å². The zero-order valence-electron chi connectivity index (χ0n) is 6.78. The monoisotopic (exact) mass is 185 g/mol. The Kier molecular flexibility index (Phi) is 2.37. The van der Waals surface area contributed by atoms with E-state index < -0.39 is 0 Å². The van der Waals surface area contributed by atoms with Gasteiger partial charge in [-0.15, -0.1) is 11.8 Å². The number of carbonyl (C=O) groups is 1. The largest absolute Gasteiger partial charge is 0.378 e. The normalized spacial score (nSPS) is 24.5. The van der Waals surface area contributed by atoms with Crippen LogP contribution in [0.1, 0.15) is 0 Å². The molecular formula is C8H11NO2S. The van der Waals surface area contributed by atoms with Gasteiger partial charge in [-0.25, -0.2) is 0 Å². The van der Waals surface area contributed by atoms with Crippen molar-refractivity contribution < 1.29 is 9.53 Å². The molecule has 0 aromatic carbocycles. The number of hydrogen-bond acceptors (Lipinski definition) is 4. The topological polar surface area (TPSA) is 29.5 Å². The van der Waals surface area contributed by atoms with Crippen LogP contribution in [0, 0.1) is 0 Å². The molecule has 0 atom stereocenters. The molecule has 1 fully saturated rings. The third-order valence-electron chi connectivity index (χ3n) is 1.97. The minimum atomic E-state index is 0.237. The predicted molar refractivity (Wildman–Crippen MR) is 47.9 cm³/mol. The molecule has 0 aromatic heterocycles. The molecule has 2 rings (SSSR count). The summed E-state index contributed by atoms with van der Waals surface area (Å²) in [6.07, 6.45) is 1.75. The molecule has 0 aromatic rings. The van der Waals surface area contributed by atoms with Gasteiger partial charge in [-0.05, 0) is 0 Å². The molecule has 1 saturated heterocycles. The predicted octanol–water partition coefficient (Wildman–Crippen LogP) is 0.476. The molecule has 12 heavy (non-hydrogen) atoms. The van der Waals surface area contributed by atoms with Crippen molar-refractivity contribution >= 4 is 17.5 Å². The molecule has 0 unspecified atom stereocenters. The lowest BCUT2D eigenvalue weighted by Crippen LogP contribution is -2.34. The molecule has 3 nitrogen and oxygen atoms in total. The minimum Gasteiger partial charge on any atom is -0.378 e. The zero-order chi connectivity index (χ0) is 8.39. The summed E-state index contributed by atoms with van der Waals surface area (Å²) in [4.78, 5) is 13.2. The fourth-order valence-electron chi connectivity index (χ4n) is 1.33. The van der Waals surface area contributed by atoms with Crippen LogP contribution in [0.4, 0.5) is 0 Å². The summed E-state index contributed by atoms with van der Waals surface area (Å²) < 4.78 is 5.22. The molecule has 0 amide bonds. The van der Waals surface area contributed by atoms with Crippen LogP contribution in [0.3, 0.4) is 0 Å². The van der Waals surface area contributed by atoms with Crippen LogP contribution in [0.15, 0.2) is 11.1 Å². The van der Waals surface area contributed by atoms with E-state index in [0.717, 1.165) is 31.3 Å². The van der Waals surface area contributed by atoms with E-state index in [1.165, 1.54) is 0 Å². The van der Waals surface area contributed by atoms with Gasteiger partial charge in [-0.3, -0.25) is 4.79 Å². The minimum absolute atomic E-state index is 0.237. The number of rotatable bonds is 1. The molecule has 0 N–H and O–H groups in total. The smallest absolute Gasteiger partial charge is 0.168 e. The van der Waals surface area contributed by atoms with Crippen molar-refractivity contribution in [1.82, 2.24) is 4.90 Å². The molecular weight excluding hydrogens is 174 g/mol. The molecule has 66 valence electrons. The first-order valence-corrected chi connectivity index (χ1v) is 5.05. The summed E-state index contributed by atoms with van der Waals surface area (Å²) in [7, 11) is 0. The van der Waals surface area contributed by atoms with Gasteiger partial charge in [0, 0.05) is 19.2 Å². The Hall–Kier alpha value is -0.480. The van der Waals surface area contributed by atoms with E-state index in [2.05, 4.69) is 4.90 Å². The summed E-state index contributed by atoms with van der Waals surface area (Å²) >= 11 is 1.64. The number of ether oxygens (including phenoxy) is 1. The van der Waals surface area contributed by atoms with Gasteiger partial charge in [0.15, 0.2) is 5.78 Å². The zero-order valence-corrected chi connectivity index (χ0v) is 7.60.